The normalized spacial score (nSPS) is 21.6. The van der Waals surface area contributed by atoms with Crippen LogP contribution in [0.3, 0.4) is 0 Å². The zero-order valence-corrected chi connectivity index (χ0v) is 14.7. The summed E-state index contributed by atoms with van der Waals surface area (Å²) in [6.45, 7) is 3.13. The number of nitriles is 1. The molecule has 2 heterocycles. The van der Waals surface area contributed by atoms with Gasteiger partial charge in [0.1, 0.15) is 6.04 Å². The van der Waals surface area contributed by atoms with E-state index in [1.54, 1.807) is 4.90 Å². The maximum absolute atomic E-state index is 12.0. The lowest BCUT2D eigenvalue weighted by Gasteiger charge is -2.29. The molecule has 4 N–H and O–H groups in total. The van der Waals surface area contributed by atoms with Crippen molar-refractivity contribution in [3.8, 4) is 6.07 Å². The predicted molar refractivity (Wildman–Crippen MR) is 82.4 cm³/mol. The second kappa shape index (κ2) is 11.4. The highest BCUT2D eigenvalue weighted by Gasteiger charge is 2.39. The third-order valence-corrected chi connectivity index (χ3v) is 3.51. The number of hydrogen-bond donors (Lipinski definition) is 4. The van der Waals surface area contributed by atoms with Crippen molar-refractivity contribution in [2.45, 2.75) is 37.3 Å². The highest BCUT2D eigenvalue weighted by molar-refractivity contribution is 5.83. The molecule has 2 unspecified atom stereocenters. The van der Waals surface area contributed by atoms with Gasteiger partial charge in [0.15, 0.2) is 0 Å². The second-order valence-electron chi connectivity index (χ2n) is 5.64. The summed E-state index contributed by atoms with van der Waals surface area (Å²) in [7, 11) is 0. The van der Waals surface area contributed by atoms with Crippen LogP contribution in [0.25, 0.3) is 0 Å². The third kappa shape index (κ3) is 9.94. The van der Waals surface area contributed by atoms with Crippen LogP contribution in [0.5, 0.6) is 0 Å². The number of likely N-dealkylation sites (tertiary alicyclic amines) is 1. The zero-order valence-electron chi connectivity index (χ0n) is 14.7. The molecule has 0 radical (unpaired) electrons. The molecule has 0 aromatic carbocycles. The molecular formula is C14H18F6N4O5. The van der Waals surface area contributed by atoms with Gasteiger partial charge < -0.3 is 25.7 Å². The topological polar surface area (TPSA) is 143 Å². The van der Waals surface area contributed by atoms with E-state index in [4.69, 9.17) is 25.1 Å². The Morgan fingerprint density at radius 1 is 1.00 bits per heavy atom. The number of carboxylic acids is 2. The maximum atomic E-state index is 12.0. The summed E-state index contributed by atoms with van der Waals surface area (Å²) in [6, 6.07) is 1.84. The van der Waals surface area contributed by atoms with Crippen LogP contribution >= 0.6 is 0 Å². The van der Waals surface area contributed by atoms with Crippen LogP contribution in [0.4, 0.5) is 26.3 Å². The van der Waals surface area contributed by atoms with Crippen molar-refractivity contribution < 1.29 is 50.9 Å². The zero-order chi connectivity index (χ0) is 22.8. The molecule has 29 heavy (non-hydrogen) atoms. The molecule has 9 nitrogen and oxygen atoms in total. The minimum absolute atomic E-state index is 0.0752. The van der Waals surface area contributed by atoms with Crippen molar-refractivity contribution in [3.63, 3.8) is 0 Å². The van der Waals surface area contributed by atoms with Crippen molar-refractivity contribution in [3.05, 3.63) is 0 Å². The maximum Gasteiger partial charge on any atom is 0.490 e. The van der Waals surface area contributed by atoms with E-state index in [1.807, 2.05) is 0 Å². The number of hydrogen-bond acceptors (Lipinski definition) is 6. The van der Waals surface area contributed by atoms with Crippen molar-refractivity contribution in [2.75, 3.05) is 26.2 Å². The number of carbonyl (C=O) groups is 3. The molecule has 2 rings (SSSR count). The summed E-state index contributed by atoms with van der Waals surface area (Å²) >= 11 is 0. The standard InChI is InChI=1S/C10H16N4O.2C2HF3O2/c11-6-8-2-1-5-14(8)10(15)9-7-12-3-4-13-9;2*3-2(4,5)1(6)7/h8-9,12-13H,1-5,7H2;2*(H,6,7). The molecule has 0 spiro atoms. The van der Waals surface area contributed by atoms with Crippen LogP contribution in [0.1, 0.15) is 12.8 Å². The third-order valence-electron chi connectivity index (χ3n) is 3.51. The Hall–Kier alpha value is -2.60. The number of aliphatic carboxylic acids is 2. The molecule has 0 aliphatic carbocycles. The molecule has 2 atom stereocenters. The highest BCUT2D eigenvalue weighted by atomic mass is 19.4. The van der Waals surface area contributed by atoms with E-state index in [0.29, 0.717) is 6.54 Å². The Labute approximate surface area is 160 Å². The van der Waals surface area contributed by atoms with Gasteiger partial charge in [-0.05, 0) is 12.8 Å². The largest absolute Gasteiger partial charge is 0.490 e. The minimum atomic E-state index is -5.08. The van der Waals surface area contributed by atoms with Gasteiger partial charge in [0.25, 0.3) is 0 Å². The second-order valence-corrected chi connectivity index (χ2v) is 5.64. The van der Waals surface area contributed by atoms with E-state index in [-0.39, 0.29) is 18.0 Å². The number of piperazine rings is 1. The first-order valence-corrected chi connectivity index (χ1v) is 7.96. The molecule has 2 fully saturated rings. The van der Waals surface area contributed by atoms with Crippen molar-refractivity contribution in [2.24, 2.45) is 0 Å². The van der Waals surface area contributed by atoms with Crippen LogP contribution in [0.2, 0.25) is 0 Å². The van der Waals surface area contributed by atoms with E-state index in [2.05, 4.69) is 16.7 Å². The molecule has 1 amide bonds. The average Bonchev–Trinajstić information content (AvgIpc) is 3.10. The van der Waals surface area contributed by atoms with Crippen LogP contribution in [0.15, 0.2) is 0 Å². The first kappa shape index (κ1) is 26.4. The summed E-state index contributed by atoms with van der Waals surface area (Å²) in [5.74, 6) is -5.44. The van der Waals surface area contributed by atoms with Crippen LogP contribution in [0, 0.1) is 11.3 Å². The Morgan fingerprint density at radius 2 is 1.48 bits per heavy atom. The molecule has 166 valence electrons. The van der Waals surface area contributed by atoms with Gasteiger partial charge in [-0.25, -0.2) is 9.59 Å². The van der Waals surface area contributed by atoms with Gasteiger partial charge in [-0.15, -0.1) is 0 Å². The summed E-state index contributed by atoms with van der Waals surface area (Å²) in [5, 5.41) is 29.5. The number of nitrogens with zero attached hydrogens (tertiary/aromatic N) is 2. The average molecular weight is 436 g/mol. The molecule has 15 heteroatoms. The Balaban J connectivity index is 0.000000473. The summed E-state index contributed by atoms with van der Waals surface area (Å²) in [5.41, 5.74) is 0. The molecule has 0 aromatic rings. The Bertz CT molecular complexity index is 589. The van der Waals surface area contributed by atoms with E-state index >= 15 is 0 Å². The Morgan fingerprint density at radius 3 is 1.83 bits per heavy atom. The van der Waals surface area contributed by atoms with Crippen molar-refractivity contribution >= 4 is 17.8 Å². The number of halogens is 6. The monoisotopic (exact) mass is 436 g/mol. The van der Waals surface area contributed by atoms with Gasteiger partial charge in [-0.1, -0.05) is 0 Å². The quantitative estimate of drug-likeness (QED) is 0.431. The van der Waals surface area contributed by atoms with E-state index in [9.17, 15) is 31.1 Å². The number of alkyl halides is 6. The molecule has 2 saturated heterocycles. The predicted octanol–water partition coefficient (Wildman–Crippen LogP) is 0.329. The number of rotatable bonds is 1. The smallest absolute Gasteiger partial charge is 0.475 e. The first-order valence-electron chi connectivity index (χ1n) is 7.96. The van der Waals surface area contributed by atoms with Crippen LogP contribution in [-0.2, 0) is 14.4 Å². The Kier molecular flexibility index (Phi) is 10.4. The van der Waals surface area contributed by atoms with Gasteiger partial charge in [0.05, 0.1) is 12.1 Å². The molecular weight excluding hydrogens is 418 g/mol. The fraction of sp³-hybridized carbons (Fsp3) is 0.714. The van der Waals surface area contributed by atoms with Crippen LogP contribution < -0.4 is 10.6 Å². The summed E-state index contributed by atoms with van der Waals surface area (Å²) < 4.78 is 63.5. The van der Waals surface area contributed by atoms with Gasteiger partial charge in [0.2, 0.25) is 5.91 Å². The first-order chi connectivity index (χ1) is 13.2. The van der Waals surface area contributed by atoms with Gasteiger partial charge in [0, 0.05) is 26.2 Å². The fourth-order valence-electron chi connectivity index (χ4n) is 2.19. The summed E-state index contributed by atoms with van der Waals surface area (Å²) in [4.78, 5) is 31.5. The molecule has 0 aromatic heterocycles. The van der Waals surface area contributed by atoms with E-state index < -0.39 is 24.3 Å². The minimum Gasteiger partial charge on any atom is -0.475 e. The number of amides is 1. The van der Waals surface area contributed by atoms with Crippen molar-refractivity contribution in [1.29, 1.82) is 5.26 Å². The highest BCUT2D eigenvalue weighted by Crippen LogP contribution is 2.17. The van der Waals surface area contributed by atoms with Gasteiger partial charge in [-0.2, -0.15) is 31.6 Å². The fourth-order valence-corrected chi connectivity index (χ4v) is 2.19. The van der Waals surface area contributed by atoms with E-state index in [1.165, 1.54) is 0 Å². The molecule has 2 aliphatic rings. The van der Waals surface area contributed by atoms with Gasteiger partial charge >= 0.3 is 24.3 Å². The molecule has 0 bridgehead atoms. The lowest BCUT2D eigenvalue weighted by atomic mass is 10.2. The number of carbonyl (C=O) groups excluding carboxylic acids is 1. The van der Waals surface area contributed by atoms with Crippen LogP contribution in [-0.4, -0.2) is 83.6 Å². The SMILES string of the molecule is N#CC1CCCN1C(=O)C1CNCCN1.O=C(O)C(F)(F)F.O=C(O)C(F)(F)F. The molecule has 2 aliphatic heterocycles. The number of nitrogens with one attached hydrogen (secondary N) is 2. The lowest BCUT2D eigenvalue weighted by molar-refractivity contribution is -0.193. The summed E-state index contributed by atoms with van der Waals surface area (Å²) in [6.07, 6.45) is -8.40. The van der Waals surface area contributed by atoms with Gasteiger partial charge in [-0.3, -0.25) is 4.79 Å². The lowest BCUT2D eigenvalue weighted by Crippen LogP contribution is -2.57. The van der Waals surface area contributed by atoms with Crippen molar-refractivity contribution in [1.82, 2.24) is 15.5 Å². The number of carboxylic acid groups (broad SMARTS) is 2. The van der Waals surface area contributed by atoms with E-state index in [0.717, 1.165) is 32.5 Å². The molecule has 0 saturated carbocycles.